The summed E-state index contributed by atoms with van der Waals surface area (Å²) in [4.78, 5) is 2.59. The van der Waals surface area contributed by atoms with E-state index in [1.54, 1.807) is 0 Å². The van der Waals surface area contributed by atoms with E-state index in [1.807, 2.05) is 0 Å². The second-order valence-electron chi connectivity index (χ2n) is 4.85. The van der Waals surface area contributed by atoms with E-state index in [1.165, 1.54) is 38.6 Å². The average molecular weight is 192 g/mol. The van der Waals surface area contributed by atoms with E-state index in [9.17, 15) is 0 Å². The Morgan fingerprint density at radius 1 is 1.36 bits per heavy atom. The van der Waals surface area contributed by atoms with Crippen LogP contribution in [0.4, 0.5) is 0 Å². The molecule has 0 aromatic carbocycles. The monoisotopic (exact) mass is 192 g/mol. The third-order valence-corrected chi connectivity index (χ3v) is 4.01. The second-order valence-corrected chi connectivity index (χ2v) is 4.85. The highest BCUT2D eigenvalue weighted by atomic mass is 15.2. The van der Waals surface area contributed by atoms with Crippen LogP contribution in [0.5, 0.6) is 0 Å². The highest BCUT2D eigenvalue weighted by Gasteiger charge is 2.37. The highest BCUT2D eigenvalue weighted by molar-refractivity contribution is 4.93. The van der Waals surface area contributed by atoms with E-state index in [0.29, 0.717) is 12.5 Å². The summed E-state index contributed by atoms with van der Waals surface area (Å²) >= 11 is 0. The molecule has 1 heterocycles. The van der Waals surface area contributed by atoms with Gasteiger partial charge in [0.05, 0.1) is 12.5 Å². The zero-order chi connectivity index (χ0) is 9.97. The van der Waals surface area contributed by atoms with Crippen molar-refractivity contribution in [3.05, 3.63) is 0 Å². The zero-order valence-electron chi connectivity index (χ0n) is 9.08. The Bertz CT molecular complexity index is 231. The minimum atomic E-state index is 0.480. The topological polar surface area (TPSA) is 27.0 Å². The third-order valence-electron chi connectivity index (χ3n) is 4.01. The number of rotatable bonds is 2. The fourth-order valence-electron chi connectivity index (χ4n) is 3.24. The summed E-state index contributed by atoms with van der Waals surface area (Å²) < 4.78 is 0. The van der Waals surface area contributed by atoms with Crippen LogP contribution in [0.15, 0.2) is 0 Å². The standard InChI is InChI=1S/C12H20N2/c1-10(6-8-13)14-9-7-11-4-2-3-5-12(11)14/h10-12H,2-7,9H2,1H3. The first-order valence-corrected chi connectivity index (χ1v) is 5.95. The summed E-state index contributed by atoms with van der Waals surface area (Å²) in [6, 6.07) is 3.59. The lowest BCUT2D eigenvalue weighted by molar-refractivity contribution is 0.142. The number of nitrogens with zero attached hydrogens (tertiary/aromatic N) is 2. The molecular formula is C12H20N2. The summed E-state index contributed by atoms with van der Waals surface area (Å²) in [5.74, 6) is 0.949. The molecule has 1 aliphatic heterocycles. The lowest BCUT2D eigenvalue weighted by Gasteiger charge is -2.34. The van der Waals surface area contributed by atoms with Gasteiger partial charge in [-0.1, -0.05) is 12.8 Å². The van der Waals surface area contributed by atoms with Crippen LogP contribution in [0.3, 0.4) is 0 Å². The van der Waals surface area contributed by atoms with E-state index < -0.39 is 0 Å². The summed E-state index contributed by atoms with van der Waals surface area (Å²) in [6.45, 7) is 3.44. The molecule has 0 radical (unpaired) electrons. The minimum Gasteiger partial charge on any atom is -0.296 e. The smallest absolute Gasteiger partial charge is 0.0638 e. The van der Waals surface area contributed by atoms with Crippen LogP contribution >= 0.6 is 0 Å². The van der Waals surface area contributed by atoms with Crippen LogP contribution in [0.1, 0.15) is 45.4 Å². The van der Waals surface area contributed by atoms with E-state index in [-0.39, 0.29) is 0 Å². The molecule has 0 aromatic heterocycles. The Kier molecular flexibility index (Phi) is 3.08. The molecule has 0 bridgehead atoms. The lowest BCUT2D eigenvalue weighted by Crippen LogP contribution is -2.40. The summed E-state index contributed by atoms with van der Waals surface area (Å²) in [5.41, 5.74) is 0. The molecule has 1 aliphatic carbocycles. The number of fused-ring (bicyclic) bond motifs is 1. The van der Waals surface area contributed by atoms with Crippen molar-refractivity contribution in [3.63, 3.8) is 0 Å². The van der Waals surface area contributed by atoms with Crippen molar-refractivity contribution in [1.82, 2.24) is 4.90 Å². The van der Waals surface area contributed by atoms with Crippen LogP contribution in [0.2, 0.25) is 0 Å². The number of hydrogen-bond donors (Lipinski definition) is 0. The van der Waals surface area contributed by atoms with Crippen molar-refractivity contribution in [2.45, 2.75) is 57.5 Å². The SMILES string of the molecule is CC(CC#N)N1CCC2CCCCC21. The van der Waals surface area contributed by atoms with Crippen molar-refractivity contribution in [3.8, 4) is 6.07 Å². The average Bonchev–Trinajstić information content (AvgIpc) is 2.61. The second kappa shape index (κ2) is 4.31. The fourth-order valence-corrected chi connectivity index (χ4v) is 3.24. The molecule has 1 saturated heterocycles. The molecular weight excluding hydrogens is 172 g/mol. The van der Waals surface area contributed by atoms with Crippen molar-refractivity contribution in [2.75, 3.05) is 6.54 Å². The maximum Gasteiger partial charge on any atom is 0.0638 e. The van der Waals surface area contributed by atoms with Gasteiger partial charge >= 0.3 is 0 Å². The van der Waals surface area contributed by atoms with Gasteiger partial charge in [-0.2, -0.15) is 5.26 Å². The van der Waals surface area contributed by atoms with Crippen molar-refractivity contribution in [2.24, 2.45) is 5.92 Å². The van der Waals surface area contributed by atoms with E-state index in [0.717, 1.165) is 12.0 Å². The highest BCUT2D eigenvalue weighted by Crippen LogP contribution is 2.37. The molecule has 14 heavy (non-hydrogen) atoms. The molecule has 2 fully saturated rings. The Hall–Kier alpha value is -0.550. The molecule has 78 valence electrons. The molecule has 0 N–H and O–H groups in total. The van der Waals surface area contributed by atoms with Gasteiger partial charge in [-0.25, -0.2) is 0 Å². The van der Waals surface area contributed by atoms with Gasteiger partial charge in [-0.05, 0) is 38.6 Å². The quantitative estimate of drug-likeness (QED) is 0.672. The first-order valence-electron chi connectivity index (χ1n) is 5.95. The van der Waals surface area contributed by atoms with Gasteiger partial charge in [-0.3, -0.25) is 4.90 Å². The van der Waals surface area contributed by atoms with E-state index in [2.05, 4.69) is 17.9 Å². The molecule has 3 unspecified atom stereocenters. The van der Waals surface area contributed by atoms with Crippen molar-refractivity contribution < 1.29 is 0 Å². The molecule has 2 heteroatoms. The summed E-state index contributed by atoms with van der Waals surface area (Å²) in [7, 11) is 0. The van der Waals surface area contributed by atoms with Crippen LogP contribution < -0.4 is 0 Å². The fraction of sp³-hybridized carbons (Fsp3) is 0.917. The normalized spacial score (nSPS) is 34.9. The molecule has 3 atom stereocenters. The van der Waals surface area contributed by atoms with Gasteiger partial charge in [0.25, 0.3) is 0 Å². The third kappa shape index (κ3) is 1.79. The van der Waals surface area contributed by atoms with Gasteiger partial charge < -0.3 is 0 Å². The molecule has 0 aromatic rings. The van der Waals surface area contributed by atoms with Gasteiger partial charge in [0.2, 0.25) is 0 Å². The van der Waals surface area contributed by atoms with Crippen LogP contribution in [-0.4, -0.2) is 23.5 Å². The molecule has 2 nitrogen and oxygen atoms in total. The summed E-state index contributed by atoms with van der Waals surface area (Å²) in [6.07, 6.45) is 7.71. The van der Waals surface area contributed by atoms with Gasteiger partial charge in [0.15, 0.2) is 0 Å². The number of hydrogen-bond acceptors (Lipinski definition) is 2. The number of likely N-dealkylation sites (tertiary alicyclic amines) is 1. The Balaban J connectivity index is 1.97. The number of nitriles is 1. The van der Waals surface area contributed by atoms with Crippen LogP contribution in [0.25, 0.3) is 0 Å². The van der Waals surface area contributed by atoms with Crippen LogP contribution in [-0.2, 0) is 0 Å². The maximum absolute atomic E-state index is 8.72. The predicted molar refractivity (Wildman–Crippen MR) is 56.8 cm³/mol. The largest absolute Gasteiger partial charge is 0.296 e. The van der Waals surface area contributed by atoms with Gasteiger partial charge in [0.1, 0.15) is 0 Å². The maximum atomic E-state index is 8.72. The Morgan fingerprint density at radius 3 is 2.93 bits per heavy atom. The van der Waals surface area contributed by atoms with Crippen molar-refractivity contribution >= 4 is 0 Å². The Morgan fingerprint density at radius 2 is 2.14 bits per heavy atom. The van der Waals surface area contributed by atoms with Crippen molar-refractivity contribution in [1.29, 1.82) is 5.26 Å². The zero-order valence-corrected chi connectivity index (χ0v) is 9.08. The lowest BCUT2D eigenvalue weighted by atomic mass is 9.85. The van der Waals surface area contributed by atoms with Gasteiger partial charge in [0, 0.05) is 12.1 Å². The molecule has 1 saturated carbocycles. The molecule has 0 spiro atoms. The Labute approximate surface area is 86.9 Å². The molecule has 2 rings (SSSR count). The summed E-state index contributed by atoms with van der Waals surface area (Å²) in [5, 5.41) is 8.72. The van der Waals surface area contributed by atoms with Crippen LogP contribution in [0, 0.1) is 17.2 Å². The molecule has 2 aliphatic rings. The van der Waals surface area contributed by atoms with E-state index >= 15 is 0 Å². The first-order chi connectivity index (χ1) is 6.83. The first kappa shape index (κ1) is 9.98. The predicted octanol–water partition coefficient (Wildman–Crippen LogP) is 2.55. The van der Waals surface area contributed by atoms with Gasteiger partial charge in [-0.15, -0.1) is 0 Å². The minimum absolute atomic E-state index is 0.480. The molecule has 0 amide bonds. The van der Waals surface area contributed by atoms with E-state index in [4.69, 9.17) is 5.26 Å².